The summed E-state index contributed by atoms with van der Waals surface area (Å²) < 4.78 is 0. The molecule has 29 heavy (non-hydrogen) atoms. The van der Waals surface area contributed by atoms with Gasteiger partial charge in [-0.1, -0.05) is 68.3 Å². The van der Waals surface area contributed by atoms with Crippen molar-refractivity contribution in [1.29, 1.82) is 0 Å². The number of piperidine rings is 1. The summed E-state index contributed by atoms with van der Waals surface area (Å²) in [5.41, 5.74) is 0. The molecule has 0 aromatic carbocycles. The molecular weight excluding hydrogens is 444 g/mol. The maximum Gasteiger partial charge on any atom is 4.00 e. The van der Waals surface area contributed by atoms with Gasteiger partial charge in [0.2, 0.25) is 0 Å². The first-order chi connectivity index (χ1) is 13.4. The van der Waals surface area contributed by atoms with Crippen molar-refractivity contribution in [3.8, 4) is 0 Å². The third-order valence-electron chi connectivity index (χ3n) is 3.33. The van der Waals surface area contributed by atoms with E-state index in [0.29, 0.717) is 18.1 Å². The third-order valence-corrected chi connectivity index (χ3v) is 3.33. The Hall–Kier alpha value is -0.881. The van der Waals surface area contributed by atoms with Crippen molar-refractivity contribution < 1.29 is 17.1 Å². The van der Waals surface area contributed by atoms with Gasteiger partial charge in [-0.05, 0) is 40.1 Å². The largest absolute Gasteiger partial charge is 4.00 e. The van der Waals surface area contributed by atoms with E-state index in [1.54, 1.807) is 0 Å². The first-order valence-corrected chi connectivity index (χ1v) is 10.3. The number of hydrogen-bond donors (Lipinski definition) is 0. The zero-order valence-electron chi connectivity index (χ0n) is 17.7. The van der Waals surface area contributed by atoms with Crippen LogP contribution in [-0.4, -0.2) is 60.0 Å². The van der Waals surface area contributed by atoms with Crippen LogP contribution in [0.5, 0.6) is 0 Å². The third kappa shape index (κ3) is 27.1. The fourth-order valence-corrected chi connectivity index (χ4v) is 2.16. The van der Waals surface area contributed by atoms with E-state index in [9.17, 15) is 0 Å². The molecule has 2 heterocycles. The summed E-state index contributed by atoms with van der Waals surface area (Å²) in [6.45, 7) is 10.3. The normalized spacial score (nSPS) is 20.2. The van der Waals surface area contributed by atoms with E-state index in [1.165, 1.54) is 29.6 Å². The van der Waals surface area contributed by atoms with Crippen LogP contribution in [0, 0.1) is 0 Å². The summed E-state index contributed by atoms with van der Waals surface area (Å²) in [7, 11) is 0. The van der Waals surface area contributed by atoms with Gasteiger partial charge in [0, 0.05) is 12.1 Å². The standard InChI is InChI=1S/C9H17N2.C9H15N2.2CNS.Fe/c2*1-8(2)11-7-9-5-3-4-6-10-9;2*2-1-3;/h7-9H,3-6H2,1-2H3;3,5,7-9H,4,6H2,1-2H3;;;/q4*-1;+4. The summed E-state index contributed by atoms with van der Waals surface area (Å²) in [6, 6.07) is 1.48. The van der Waals surface area contributed by atoms with Gasteiger partial charge in [-0.3, -0.25) is 9.98 Å². The molecule has 2 aliphatic rings. The molecule has 2 unspecified atom stereocenters. The number of thiocarbonyl (C=S) groups is 2. The van der Waals surface area contributed by atoms with Crippen molar-refractivity contribution in [3.05, 3.63) is 33.6 Å². The molecule has 2 aliphatic heterocycles. The molecule has 0 aromatic heterocycles. The fraction of sp³-hybridized carbons (Fsp3) is 0.700. The molecule has 2 atom stereocenters. The van der Waals surface area contributed by atoms with E-state index in [0.717, 1.165) is 19.5 Å². The molecule has 0 saturated carbocycles. The van der Waals surface area contributed by atoms with Crippen LogP contribution in [0.4, 0.5) is 0 Å². The Kier molecular flexibility index (Phi) is 28.4. The minimum atomic E-state index is 0. The molecule has 0 amide bonds. The van der Waals surface area contributed by atoms with E-state index in [4.69, 9.17) is 10.8 Å². The van der Waals surface area contributed by atoms with Gasteiger partial charge in [-0.2, -0.15) is 10.3 Å². The molecule has 0 bridgehead atoms. The van der Waals surface area contributed by atoms with Crippen molar-refractivity contribution in [2.45, 2.75) is 77.5 Å². The molecular formula is C20H32FeN6S2. The van der Waals surface area contributed by atoms with Crippen LogP contribution >= 0.6 is 24.4 Å². The summed E-state index contributed by atoms with van der Waals surface area (Å²) in [5.74, 6) is 0. The van der Waals surface area contributed by atoms with E-state index < -0.39 is 0 Å². The van der Waals surface area contributed by atoms with Crippen LogP contribution in [0.1, 0.15) is 53.4 Å². The summed E-state index contributed by atoms with van der Waals surface area (Å²) in [6.07, 6.45) is 13.1. The second kappa shape index (κ2) is 25.2. The summed E-state index contributed by atoms with van der Waals surface area (Å²) in [4.78, 5) is 8.61. The predicted molar refractivity (Wildman–Crippen MR) is 131 cm³/mol. The first kappa shape index (κ1) is 32.8. The maximum atomic E-state index is 7.13. The van der Waals surface area contributed by atoms with Gasteiger partial charge in [0.05, 0.1) is 0 Å². The molecule has 0 spiro atoms. The van der Waals surface area contributed by atoms with Crippen LogP contribution in [-0.2, 0) is 17.1 Å². The topological polar surface area (TPSA) is 97.5 Å². The monoisotopic (exact) mass is 476 g/mol. The average Bonchev–Trinajstić information content (AvgIpc) is 2.68. The zero-order chi connectivity index (χ0) is 21.6. The quantitative estimate of drug-likeness (QED) is 0.219. The van der Waals surface area contributed by atoms with Crippen LogP contribution in [0.15, 0.2) is 22.1 Å². The first-order valence-electron chi connectivity index (χ1n) is 9.50. The average molecular weight is 476 g/mol. The molecule has 0 radical (unpaired) electrons. The van der Waals surface area contributed by atoms with Gasteiger partial charge in [-0.15, -0.1) is 19.2 Å². The Morgan fingerprint density at radius 1 is 0.966 bits per heavy atom. The van der Waals surface area contributed by atoms with Crippen LogP contribution in [0.25, 0.3) is 21.5 Å². The number of isothiocyanates is 2. The molecule has 1 fully saturated rings. The Balaban J connectivity index is -0.000000358. The minimum absolute atomic E-state index is 0. The Labute approximate surface area is 198 Å². The van der Waals surface area contributed by atoms with Gasteiger partial charge in [0.15, 0.2) is 0 Å². The van der Waals surface area contributed by atoms with Crippen molar-refractivity contribution in [2.24, 2.45) is 9.98 Å². The minimum Gasteiger partial charge on any atom is -0.753 e. The second-order valence-electron chi connectivity index (χ2n) is 6.55. The smallest absolute Gasteiger partial charge is 0.753 e. The maximum absolute atomic E-state index is 7.13. The van der Waals surface area contributed by atoms with Crippen molar-refractivity contribution in [1.82, 2.24) is 0 Å². The van der Waals surface area contributed by atoms with Gasteiger partial charge in [0.1, 0.15) is 0 Å². The van der Waals surface area contributed by atoms with E-state index >= 15 is 0 Å². The Morgan fingerprint density at radius 2 is 1.52 bits per heavy atom. The zero-order valence-corrected chi connectivity index (χ0v) is 20.5. The van der Waals surface area contributed by atoms with E-state index in [-0.39, 0.29) is 23.1 Å². The van der Waals surface area contributed by atoms with Gasteiger partial charge >= 0.3 is 17.1 Å². The molecule has 1 saturated heterocycles. The van der Waals surface area contributed by atoms with Crippen LogP contribution in [0.3, 0.4) is 0 Å². The number of nitrogens with zero attached hydrogens (tertiary/aromatic N) is 6. The SMILES string of the molecule is CC(C)N=CC1C=CCC[N-]1.CC(C)N=CC1CCCC[N-]1.[Fe+4].[N-]=C=S.[N-]=C=S. The molecule has 0 aromatic rings. The number of rotatable bonds is 4. The van der Waals surface area contributed by atoms with Crippen LogP contribution in [0.2, 0.25) is 0 Å². The van der Waals surface area contributed by atoms with Crippen molar-refractivity contribution >= 4 is 47.2 Å². The molecule has 9 heteroatoms. The Bertz CT molecular complexity index is 505. The fourth-order valence-electron chi connectivity index (χ4n) is 2.16. The molecule has 6 nitrogen and oxygen atoms in total. The van der Waals surface area contributed by atoms with E-state index in [2.05, 4.69) is 84.9 Å². The van der Waals surface area contributed by atoms with Gasteiger partial charge in [-0.25, -0.2) is 0 Å². The number of aliphatic imine (C=N–C) groups is 2. The van der Waals surface area contributed by atoms with Crippen molar-refractivity contribution in [2.75, 3.05) is 13.1 Å². The molecule has 0 aliphatic carbocycles. The van der Waals surface area contributed by atoms with Gasteiger partial charge in [0.25, 0.3) is 0 Å². The summed E-state index contributed by atoms with van der Waals surface area (Å²) >= 11 is 7.40. The Morgan fingerprint density at radius 3 is 1.93 bits per heavy atom. The van der Waals surface area contributed by atoms with Gasteiger partial charge < -0.3 is 21.5 Å². The molecule has 0 N–H and O–H groups in total. The van der Waals surface area contributed by atoms with Crippen molar-refractivity contribution in [3.63, 3.8) is 0 Å². The molecule has 162 valence electrons. The predicted octanol–water partition coefficient (Wildman–Crippen LogP) is 5.87. The molecule has 2 rings (SSSR count). The number of hydrogen-bond acceptors (Lipinski definition) is 4. The van der Waals surface area contributed by atoms with Crippen LogP contribution < -0.4 is 0 Å². The summed E-state index contributed by atoms with van der Waals surface area (Å²) in [5, 5.41) is 25.8. The second-order valence-corrected chi connectivity index (χ2v) is 6.91. The van der Waals surface area contributed by atoms with E-state index in [1.807, 2.05) is 12.4 Å².